The fraction of sp³-hybridized carbons (Fsp3) is 0.500. The molecule has 1 aliphatic rings. The Morgan fingerprint density at radius 1 is 1.25 bits per heavy atom. The molecule has 0 aromatic heterocycles. The van der Waals surface area contributed by atoms with Crippen LogP contribution in [0.25, 0.3) is 0 Å². The fourth-order valence-electron chi connectivity index (χ4n) is 2.17. The molecule has 0 spiro atoms. The van der Waals surface area contributed by atoms with Gasteiger partial charge in [0.2, 0.25) is 5.12 Å². The lowest BCUT2D eigenvalue weighted by Gasteiger charge is -2.19. The third-order valence-electron chi connectivity index (χ3n) is 3.08. The standard InChI is InChI=1S/C14H18OS/c1-11-6-5-7-12(10-11)14(15)16-13-8-3-2-4-9-13/h5-7,10,13H,2-4,8-9H2,1H3. The van der Waals surface area contributed by atoms with Gasteiger partial charge in [-0.2, -0.15) is 0 Å². The second-order valence-electron chi connectivity index (χ2n) is 4.53. The van der Waals surface area contributed by atoms with Gasteiger partial charge in [0.15, 0.2) is 0 Å². The highest BCUT2D eigenvalue weighted by molar-refractivity contribution is 8.14. The lowest BCUT2D eigenvalue weighted by molar-refractivity contribution is 0.108. The predicted molar refractivity (Wildman–Crippen MR) is 70.0 cm³/mol. The largest absolute Gasteiger partial charge is 0.282 e. The first-order valence-electron chi connectivity index (χ1n) is 6.03. The Morgan fingerprint density at radius 3 is 2.69 bits per heavy atom. The van der Waals surface area contributed by atoms with Crippen LogP contribution in [0.1, 0.15) is 48.0 Å². The monoisotopic (exact) mass is 234 g/mol. The first-order chi connectivity index (χ1) is 7.75. The topological polar surface area (TPSA) is 17.1 Å². The Balaban J connectivity index is 1.97. The number of hydrogen-bond donors (Lipinski definition) is 0. The molecular formula is C14H18OS. The van der Waals surface area contributed by atoms with Crippen LogP contribution >= 0.6 is 11.8 Å². The second kappa shape index (κ2) is 5.53. The van der Waals surface area contributed by atoms with Gasteiger partial charge in [-0.3, -0.25) is 4.79 Å². The van der Waals surface area contributed by atoms with E-state index in [0.29, 0.717) is 5.25 Å². The van der Waals surface area contributed by atoms with Crippen molar-refractivity contribution in [1.82, 2.24) is 0 Å². The van der Waals surface area contributed by atoms with Gasteiger partial charge >= 0.3 is 0 Å². The van der Waals surface area contributed by atoms with Gasteiger partial charge in [0, 0.05) is 10.8 Å². The maximum atomic E-state index is 12.0. The Labute approximate surface area is 102 Å². The number of carbonyl (C=O) groups excluding carboxylic acids is 1. The van der Waals surface area contributed by atoms with Crippen molar-refractivity contribution in [3.05, 3.63) is 35.4 Å². The van der Waals surface area contributed by atoms with Crippen molar-refractivity contribution in [2.75, 3.05) is 0 Å². The number of rotatable bonds is 2. The van der Waals surface area contributed by atoms with E-state index in [-0.39, 0.29) is 5.12 Å². The second-order valence-corrected chi connectivity index (χ2v) is 5.81. The Kier molecular flexibility index (Phi) is 4.05. The number of carbonyl (C=O) groups is 1. The molecular weight excluding hydrogens is 216 g/mol. The van der Waals surface area contributed by atoms with Gasteiger partial charge in [0.05, 0.1) is 0 Å². The van der Waals surface area contributed by atoms with Gasteiger partial charge in [-0.15, -0.1) is 0 Å². The fourth-order valence-corrected chi connectivity index (χ4v) is 3.31. The molecule has 1 aromatic carbocycles. The highest BCUT2D eigenvalue weighted by Gasteiger charge is 2.18. The highest BCUT2D eigenvalue weighted by atomic mass is 32.2. The van der Waals surface area contributed by atoms with E-state index in [4.69, 9.17) is 0 Å². The van der Waals surface area contributed by atoms with Crippen LogP contribution in [0.5, 0.6) is 0 Å². The van der Waals surface area contributed by atoms with E-state index in [1.165, 1.54) is 32.1 Å². The van der Waals surface area contributed by atoms with Crippen molar-refractivity contribution in [2.24, 2.45) is 0 Å². The Bertz CT molecular complexity index is 367. The van der Waals surface area contributed by atoms with E-state index in [9.17, 15) is 4.79 Å². The number of hydrogen-bond acceptors (Lipinski definition) is 2. The maximum absolute atomic E-state index is 12.0. The summed E-state index contributed by atoms with van der Waals surface area (Å²) >= 11 is 1.54. The molecule has 0 aliphatic heterocycles. The molecule has 0 heterocycles. The minimum Gasteiger partial charge on any atom is -0.282 e. The van der Waals surface area contributed by atoms with E-state index in [1.54, 1.807) is 11.8 Å². The van der Waals surface area contributed by atoms with Crippen LogP contribution in [0.3, 0.4) is 0 Å². The van der Waals surface area contributed by atoms with E-state index < -0.39 is 0 Å². The zero-order valence-electron chi connectivity index (χ0n) is 9.74. The molecule has 2 rings (SSSR count). The first-order valence-corrected chi connectivity index (χ1v) is 6.91. The quantitative estimate of drug-likeness (QED) is 0.763. The molecule has 0 saturated heterocycles. The summed E-state index contributed by atoms with van der Waals surface area (Å²) in [4.78, 5) is 12.0. The van der Waals surface area contributed by atoms with E-state index in [0.717, 1.165) is 11.1 Å². The zero-order valence-corrected chi connectivity index (χ0v) is 10.6. The molecule has 1 aliphatic carbocycles. The summed E-state index contributed by atoms with van der Waals surface area (Å²) in [5.41, 5.74) is 2.02. The van der Waals surface area contributed by atoms with Crippen molar-refractivity contribution >= 4 is 16.9 Å². The lowest BCUT2D eigenvalue weighted by Crippen LogP contribution is -2.11. The molecule has 0 radical (unpaired) electrons. The minimum absolute atomic E-state index is 0.246. The molecule has 1 nitrogen and oxygen atoms in total. The van der Waals surface area contributed by atoms with E-state index >= 15 is 0 Å². The maximum Gasteiger partial charge on any atom is 0.219 e. The molecule has 86 valence electrons. The average Bonchev–Trinajstić information content (AvgIpc) is 2.30. The van der Waals surface area contributed by atoms with Crippen LogP contribution in [0, 0.1) is 6.92 Å². The van der Waals surface area contributed by atoms with Gasteiger partial charge in [0.25, 0.3) is 0 Å². The van der Waals surface area contributed by atoms with Gasteiger partial charge in [-0.05, 0) is 25.8 Å². The minimum atomic E-state index is 0.246. The van der Waals surface area contributed by atoms with Crippen molar-refractivity contribution in [3.8, 4) is 0 Å². The highest BCUT2D eigenvalue weighted by Crippen LogP contribution is 2.30. The molecule has 16 heavy (non-hydrogen) atoms. The smallest absolute Gasteiger partial charge is 0.219 e. The summed E-state index contributed by atoms with van der Waals surface area (Å²) in [5, 5.41) is 0.803. The summed E-state index contributed by atoms with van der Waals surface area (Å²) in [6.07, 6.45) is 6.34. The molecule has 1 fully saturated rings. The third kappa shape index (κ3) is 3.11. The van der Waals surface area contributed by atoms with Crippen molar-refractivity contribution < 1.29 is 4.79 Å². The molecule has 0 N–H and O–H groups in total. The van der Waals surface area contributed by atoms with Crippen molar-refractivity contribution in [1.29, 1.82) is 0 Å². The summed E-state index contributed by atoms with van der Waals surface area (Å²) in [7, 11) is 0. The average molecular weight is 234 g/mol. The predicted octanol–water partition coefficient (Wildman–Crippen LogP) is 4.20. The van der Waals surface area contributed by atoms with Crippen LogP contribution < -0.4 is 0 Å². The van der Waals surface area contributed by atoms with Gasteiger partial charge in [-0.1, -0.05) is 54.8 Å². The zero-order chi connectivity index (χ0) is 11.4. The molecule has 0 atom stereocenters. The molecule has 0 unspecified atom stereocenters. The first kappa shape index (κ1) is 11.7. The summed E-state index contributed by atoms with van der Waals surface area (Å²) < 4.78 is 0. The Hall–Kier alpha value is -0.760. The van der Waals surface area contributed by atoms with Crippen molar-refractivity contribution in [2.45, 2.75) is 44.3 Å². The molecule has 2 heteroatoms. The normalized spacial score (nSPS) is 17.3. The van der Waals surface area contributed by atoms with Crippen LogP contribution in [-0.2, 0) is 0 Å². The molecule has 1 saturated carbocycles. The van der Waals surface area contributed by atoms with Gasteiger partial charge in [-0.25, -0.2) is 0 Å². The Morgan fingerprint density at radius 2 is 2.00 bits per heavy atom. The van der Waals surface area contributed by atoms with E-state index in [2.05, 4.69) is 0 Å². The number of thioether (sulfide) groups is 1. The molecule has 0 bridgehead atoms. The van der Waals surface area contributed by atoms with Crippen LogP contribution in [0.2, 0.25) is 0 Å². The number of benzene rings is 1. The molecule has 0 amide bonds. The van der Waals surface area contributed by atoms with Crippen LogP contribution in [0.15, 0.2) is 24.3 Å². The van der Waals surface area contributed by atoms with Gasteiger partial charge in [0.1, 0.15) is 0 Å². The molecule has 1 aromatic rings. The summed E-state index contributed by atoms with van der Waals surface area (Å²) in [6.45, 7) is 2.03. The van der Waals surface area contributed by atoms with Crippen molar-refractivity contribution in [3.63, 3.8) is 0 Å². The van der Waals surface area contributed by atoms with Crippen LogP contribution in [0.4, 0.5) is 0 Å². The summed E-state index contributed by atoms with van der Waals surface area (Å²) in [5.74, 6) is 0. The summed E-state index contributed by atoms with van der Waals surface area (Å²) in [6, 6.07) is 7.90. The van der Waals surface area contributed by atoms with Gasteiger partial charge < -0.3 is 0 Å². The SMILES string of the molecule is Cc1cccc(C(=O)SC2CCCCC2)c1. The lowest BCUT2D eigenvalue weighted by atomic mass is 10.0. The van der Waals surface area contributed by atoms with E-state index in [1.807, 2.05) is 31.2 Å². The number of aryl methyl sites for hydroxylation is 1. The third-order valence-corrected chi connectivity index (χ3v) is 4.33. The van der Waals surface area contributed by atoms with Crippen LogP contribution in [-0.4, -0.2) is 10.4 Å².